The van der Waals surface area contributed by atoms with Crippen LogP contribution in [-0.2, 0) is 19.1 Å². The average molecular weight is 317 g/mol. The van der Waals surface area contributed by atoms with E-state index in [1.807, 2.05) is 6.08 Å². The molecule has 0 aliphatic heterocycles. The minimum atomic E-state index is -0.524. The Hall–Kier alpha value is -2.82. The topological polar surface area (TPSA) is 64.6 Å². The molecule has 0 aromatic heterocycles. The van der Waals surface area contributed by atoms with Gasteiger partial charge in [-0.25, -0.2) is 9.59 Å². The van der Waals surface area contributed by atoms with E-state index in [0.717, 1.165) is 17.7 Å². The van der Waals surface area contributed by atoms with Crippen LogP contribution < -0.4 is 5.32 Å². The van der Waals surface area contributed by atoms with Gasteiger partial charge >= 0.3 is 11.9 Å². The highest BCUT2D eigenvalue weighted by Gasteiger charge is 2.14. The minimum absolute atomic E-state index is 0.106. The summed E-state index contributed by atoms with van der Waals surface area (Å²) in [6, 6.07) is 0. The largest absolute Gasteiger partial charge is 0.462 e. The monoisotopic (exact) mass is 317 g/mol. The molecule has 0 aliphatic rings. The number of carbonyl (C=O) groups excluding carboxylic acids is 2. The van der Waals surface area contributed by atoms with E-state index in [1.165, 1.54) is 0 Å². The molecule has 0 saturated heterocycles. The van der Waals surface area contributed by atoms with E-state index in [-0.39, 0.29) is 19.1 Å². The zero-order valence-corrected chi connectivity index (χ0v) is 13.2. The lowest BCUT2D eigenvalue weighted by Crippen LogP contribution is -2.20. The van der Waals surface area contributed by atoms with Crippen molar-refractivity contribution in [3.05, 3.63) is 74.7 Å². The Morgan fingerprint density at radius 2 is 1.52 bits per heavy atom. The van der Waals surface area contributed by atoms with Gasteiger partial charge in [0.15, 0.2) is 0 Å². The van der Waals surface area contributed by atoms with E-state index in [4.69, 9.17) is 9.47 Å². The molecule has 0 radical (unpaired) electrons. The Kier molecular flexibility index (Phi) is 11.3. The first-order valence-corrected chi connectivity index (χ1v) is 7.00. The van der Waals surface area contributed by atoms with Gasteiger partial charge in [0.25, 0.3) is 0 Å². The maximum Gasteiger partial charge on any atom is 0.330 e. The molecule has 0 saturated carbocycles. The SMILES string of the molecule is C=CN/C=C/C=C(\C=C)CC(COC(=O)C=C)COC(=O)C=C. The minimum Gasteiger partial charge on any atom is -0.462 e. The maximum atomic E-state index is 11.2. The summed E-state index contributed by atoms with van der Waals surface area (Å²) in [7, 11) is 0. The zero-order chi connectivity index (χ0) is 17.5. The molecule has 0 atom stereocenters. The fourth-order valence-electron chi connectivity index (χ4n) is 1.53. The van der Waals surface area contributed by atoms with Crippen LogP contribution in [0.3, 0.4) is 0 Å². The first kappa shape index (κ1) is 20.2. The second-order valence-electron chi connectivity index (χ2n) is 4.41. The van der Waals surface area contributed by atoms with Crippen LogP contribution in [-0.4, -0.2) is 25.2 Å². The first-order chi connectivity index (χ1) is 11.1. The summed E-state index contributed by atoms with van der Waals surface area (Å²) in [5.74, 6) is -1.25. The van der Waals surface area contributed by atoms with Crippen LogP contribution in [0, 0.1) is 5.92 Å². The van der Waals surface area contributed by atoms with Crippen molar-refractivity contribution >= 4 is 11.9 Å². The van der Waals surface area contributed by atoms with Gasteiger partial charge in [-0.1, -0.05) is 38.5 Å². The molecule has 1 N–H and O–H groups in total. The van der Waals surface area contributed by atoms with E-state index in [2.05, 4.69) is 31.6 Å². The number of rotatable bonds is 12. The third-order valence-corrected chi connectivity index (χ3v) is 2.66. The molecule has 0 aromatic carbocycles. The average Bonchev–Trinajstić information content (AvgIpc) is 2.58. The Balaban J connectivity index is 4.78. The summed E-state index contributed by atoms with van der Waals surface area (Å²) in [4.78, 5) is 22.4. The van der Waals surface area contributed by atoms with Crippen molar-refractivity contribution in [2.75, 3.05) is 13.2 Å². The second kappa shape index (κ2) is 12.9. The zero-order valence-electron chi connectivity index (χ0n) is 13.2. The molecule has 0 aromatic rings. The highest BCUT2D eigenvalue weighted by atomic mass is 16.5. The lowest BCUT2D eigenvalue weighted by atomic mass is 10.0. The van der Waals surface area contributed by atoms with Gasteiger partial charge < -0.3 is 14.8 Å². The van der Waals surface area contributed by atoms with Crippen LogP contribution in [0.25, 0.3) is 0 Å². The van der Waals surface area contributed by atoms with E-state index in [9.17, 15) is 9.59 Å². The van der Waals surface area contributed by atoms with Crippen molar-refractivity contribution in [2.45, 2.75) is 6.42 Å². The molecule has 124 valence electrons. The lowest BCUT2D eigenvalue weighted by Gasteiger charge is -2.16. The van der Waals surface area contributed by atoms with Crippen LogP contribution in [0.15, 0.2) is 74.7 Å². The van der Waals surface area contributed by atoms with E-state index in [0.29, 0.717) is 6.42 Å². The van der Waals surface area contributed by atoms with Crippen LogP contribution in [0.2, 0.25) is 0 Å². The first-order valence-electron chi connectivity index (χ1n) is 7.00. The predicted molar refractivity (Wildman–Crippen MR) is 91.2 cm³/mol. The summed E-state index contributed by atoms with van der Waals surface area (Å²) in [6.45, 7) is 14.2. The van der Waals surface area contributed by atoms with Gasteiger partial charge in [-0.15, -0.1) is 0 Å². The molecule has 0 amide bonds. The van der Waals surface area contributed by atoms with Crippen molar-refractivity contribution in [2.24, 2.45) is 5.92 Å². The maximum absolute atomic E-state index is 11.2. The third-order valence-electron chi connectivity index (χ3n) is 2.66. The molecule has 0 spiro atoms. The summed E-state index contributed by atoms with van der Waals surface area (Å²) in [5.41, 5.74) is 0.904. The molecular formula is C18H23NO4. The Morgan fingerprint density at radius 1 is 0.957 bits per heavy atom. The van der Waals surface area contributed by atoms with Crippen LogP contribution in [0.5, 0.6) is 0 Å². The molecule has 0 aliphatic carbocycles. The molecule has 0 rings (SSSR count). The number of hydrogen-bond donors (Lipinski definition) is 1. The quantitative estimate of drug-likeness (QED) is 0.341. The van der Waals surface area contributed by atoms with Gasteiger partial charge in [0.2, 0.25) is 0 Å². The van der Waals surface area contributed by atoms with Gasteiger partial charge in [-0.05, 0) is 24.3 Å². The predicted octanol–water partition coefficient (Wildman–Crippen LogP) is 2.81. The standard InChI is InChI=1S/C18H23NO4/c1-5-15(10-9-11-19-8-4)12-16(13-22-17(20)6-2)14-23-18(21)7-3/h5-11,16,19H,1-4,12-14H2/b11-9+,15-10+. The molecule has 0 heterocycles. The summed E-state index contributed by atoms with van der Waals surface area (Å²) >= 11 is 0. The van der Waals surface area contributed by atoms with E-state index in [1.54, 1.807) is 24.6 Å². The normalized spacial score (nSPS) is 10.9. The lowest BCUT2D eigenvalue weighted by molar-refractivity contribution is -0.142. The number of nitrogens with one attached hydrogen (secondary N) is 1. The Bertz CT molecular complexity index is 479. The third kappa shape index (κ3) is 10.5. The van der Waals surface area contributed by atoms with Crippen LogP contribution in [0.1, 0.15) is 6.42 Å². The van der Waals surface area contributed by atoms with Crippen molar-refractivity contribution < 1.29 is 19.1 Å². The van der Waals surface area contributed by atoms with Crippen LogP contribution >= 0.6 is 0 Å². The van der Waals surface area contributed by atoms with Gasteiger partial charge in [0.05, 0.1) is 13.2 Å². The van der Waals surface area contributed by atoms with Crippen molar-refractivity contribution in [3.63, 3.8) is 0 Å². The number of esters is 2. The number of hydrogen-bond acceptors (Lipinski definition) is 5. The molecule has 0 fully saturated rings. The Morgan fingerprint density at radius 3 is 1.96 bits per heavy atom. The fraction of sp³-hybridized carbons (Fsp3) is 0.222. The molecular weight excluding hydrogens is 294 g/mol. The molecule has 5 heteroatoms. The summed E-state index contributed by atoms with van der Waals surface area (Å²) < 4.78 is 10.1. The van der Waals surface area contributed by atoms with Crippen molar-refractivity contribution in [3.8, 4) is 0 Å². The summed E-state index contributed by atoms with van der Waals surface area (Å²) in [5, 5.41) is 2.82. The highest BCUT2D eigenvalue weighted by molar-refractivity contribution is 5.81. The number of carbonyl (C=O) groups is 2. The van der Waals surface area contributed by atoms with Crippen molar-refractivity contribution in [1.82, 2.24) is 5.32 Å². The molecule has 5 nitrogen and oxygen atoms in total. The number of ether oxygens (including phenoxy) is 2. The van der Waals surface area contributed by atoms with Gasteiger partial charge in [-0.2, -0.15) is 0 Å². The second-order valence-corrected chi connectivity index (χ2v) is 4.41. The fourth-order valence-corrected chi connectivity index (χ4v) is 1.53. The van der Waals surface area contributed by atoms with Gasteiger partial charge in [0, 0.05) is 24.3 Å². The number of allylic oxidation sites excluding steroid dienone is 4. The molecule has 23 heavy (non-hydrogen) atoms. The Labute approximate surface area is 137 Å². The van der Waals surface area contributed by atoms with E-state index >= 15 is 0 Å². The summed E-state index contributed by atoms with van der Waals surface area (Å²) in [6.07, 6.45) is 11.3. The van der Waals surface area contributed by atoms with Gasteiger partial charge in [0.1, 0.15) is 0 Å². The highest BCUT2D eigenvalue weighted by Crippen LogP contribution is 2.15. The molecule has 0 bridgehead atoms. The molecule has 0 unspecified atom stereocenters. The smallest absolute Gasteiger partial charge is 0.330 e. The van der Waals surface area contributed by atoms with Crippen LogP contribution in [0.4, 0.5) is 0 Å². The van der Waals surface area contributed by atoms with Gasteiger partial charge in [-0.3, -0.25) is 0 Å². The van der Waals surface area contributed by atoms with Crippen molar-refractivity contribution in [1.29, 1.82) is 0 Å². The van der Waals surface area contributed by atoms with E-state index < -0.39 is 11.9 Å².